The molecule has 137 heavy (non-hydrogen) atoms. The van der Waals surface area contributed by atoms with Gasteiger partial charge in [-0.2, -0.15) is 0 Å². The van der Waals surface area contributed by atoms with Crippen molar-refractivity contribution >= 4 is 131 Å². The second-order valence-corrected chi connectivity index (χ2v) is 40.6. The van der Waals surface area contributed by atoms with Crippen molar-refractivity contribution in [1.29, 1.82) is 0 Å². The number of halogens is 1. The Hall–Kier alpha value is -8.72. The van der Waals surface area contributed by atoms with Crippen molar-refractivity contribution in [3.05, 3.63) is 160 Å². The number of hydrogen-bond acceptors (Lipinski definition) is 30. The van der Waals surface area contributed by atoms with Gasteiger partial charge in [0.05, 0.1) is 109 Å². The van der Waals surface area contributed by atoms with Gasteiger partial charge in [-0.3, -0.25) is 48.5 Å². The third-order valence-electron chi connectivity index (χ3n) is 24.7. The zero-order valence-electron chi connectivity index (χ0n) is 79.5. The smallest absolute Gasteiger partial charge is 0.409 e. The Kier molecular flexibility index (Phi) is 46.3. The van der Waals surface area contributed by atoms with Crippen LogP contribution in [0.2, 0.25) is 5.02 Å². The van der Waals surface area contributed by atoms with Crippen molar-refractivity contribution in [2.75, 3.05) is 129 Å². The number of fused-ring (bicyclic) bond motifs is 6. The molecule has 754 valence electrons. The van der Waals surface area contributed by atoms with Gasteiger partial charge in [0.15, 0.2) is 11.5 Å². The average Bonchev–Trinajstić information content (AvgIpc) is 1.57. The average molecular weight is 2000 g/mol. The molecule has 0 radical (unpaired) electrons. The number of esters is 1. The summed E-state index contributed by atoms with van der Waals surface area (Å²) in [4.78, 5) is 162. The molecule has 0 unspecified atom stereocenters. The van der Waals surface area contributed by atoms with E-state index in [2.05, 4.69) is 42.5 Å². The highest BCUT2D eigenvalue weighted by atomic mass is 35.5. The van der Waals surface area contributed by atoms with Crippen LogP contribution < -0.4 is 57.9 Å². The summed E-state index contributed by atoms with van der Waals surface area (Å²) in [6.07, 6.45) is 1.28. The van der Waals surface area contributed by atoms with E-state index in [0.717, 1.165) is 55.0 Å². The molecular formula is C97H136ClN11O24S4. The number of allylic oxidation sites excluding steroid dienone is 4. The maximum atomic E-state index is 15.3. The topological polar surface area (TPSA) is 484 Å². The predicted octanol–water partition coefficient (Wildman–Crippen LogP) is 5.98. The van der Waals surface area contributed by atoms with Crippen molar-refractivity contribution in [3.8, 4) is 5.75 Å². The first kappa shape index (κ1) is 112. The number of ketones is 1. The number of methoxy groups -OCH3 is 2. The summed E-state index contributed by atoms with van der Waals surface area (Å²) in [6.45, 7) is 11.9. The predicted molar refractivity (Wildman–Crippen MR) is 526 cm³/mol. The molecule has 4 bridgehead atoms. The van der Waals surface area contributed by atoms with Gasteiger partial charge in [-0.1, -0.05) is 177 Å². The molecule has 40 heteroatoms. The fourth-order valence-electron chi connectivity index (χ4n) is 16.3. The molecule has 3 saturated heterocycles. The van der Waals surface area contributed by atoms with E-state index in [1.54, 1.807) is 57.3 Å². The molecule has 4 aliphatic heterocycles. The number of benzene rings is 4. The van der Waals surface area contributed by atoms with Crippen LogP contribution in [-0.4, -0.2) is 311 Å². The third-order valence-corrected chi connectivity index (χ3v) is 29.8. The van der Waals surface area contributed by atoms with Crippen molar-refractivity contribution in [1.82, 2.24) is 47.4 Å². The van der Waals surface area contributed by atoms with Crippen LogP contribution in [0.1, 0.15) is 127 Å². The zero-order chi connectivity index (χ0) is 99.3. The number of nitrogens with one attached hydrogen (secondary N) is 8. The number of epoxide rings is 1. The first-order valence-corrected chi connectivity index (χ1v) is 51.8. The summed E-state index contributed by atoms with van der Waals surface area (Å²) in [5.41, 5.74) is 8.84. The molecule has 14 N–H and O–H groups in total. The molecule has 0 spiro atoms. The number of amides is 9. The zero-order valence-corrected chi connectivity index (χ0v) is 83.5. The lowest BCUT2D eigenvalue weighted by atomic mass is 9.83. The molecule has 5 aliphatic rings. The second-order valence-electron chi connectivity index (χ2n) is 35.0. The minimum Gasteiger partial charge on any atom is -0.495 e. The third kappa shape index (κ3) is 34.3. The number of nitrogens with two attached hydrogens (primary N) is 1. The molecule has 0 saturated carbocycles. The van der Waals surface area contributed by atoms with Crippen LogP contribution in [0.5, 0.6) is 5.75 Å². The molecular weight excluding hydrogens is 1870 g/mol. The summed E-state index contributed by atoms with van der Waals surface area (Å²) in [5, 5.41) is 66.3. The van der Waals surface area contributed by atoms with Crippen LogP contribution in [0.15, 0.2) is 127 Å². The van der Waals surface area contributed by atoms with Crippen LogP contribution >= 0.6 is 54.8 Å². The SMILES string of the molecule is COc1cc2cc(c1Cl)N(C)C(=O)C[C@H](OC(=O)[C@H](C)N(C)C(=O)CCSSCCOCCOCCOCCOCCCN[C@H](Cc1ccccc1)C(=O)N[C@H]1CSSC[C@@H](C(=O)N[C@H](CO)[C@@H](C)O)NC(=O)[C@H]([C@@H](C)O)NC(=O)[C@H](CCCCN)NC(=O)[C@@H](CC3=CCc4ccccc43)NC(=O)[C@H](Cc3ccccc3)CC1=O)[C@]1(C)O[C@H]1[C@H](C)[C@@H]1C[C@@](O)(NC(=O)O1)[C@H](OC)/C=C/C=C(\C)C2. The first-order valence-electron chi connectivity index (χ1n) is 46.4. The molecule has 4 heterocycles. The highest BCUT2D eigenvalue weighted by Gasteiger charge is 2.65. The van der Waals surface area contributed by atoms with Crippen molar-refractivity contribution in [2.24, 2.45) is 17.6 Å². The van der Waals surface area contributed by atoms with E-state index in [4.69, 9.17) is 60.0 Å². The van der Waals surface area contributed by atoms with E-state index >= 15 is 14.4 Å². The standard InChI is InChI=1S/C97H136ClN11O24S4/c1-59-23-21-31-81(126-10)97(124)55-80(131-95(123)107-97)60(2)87-96(6,133-87)82(54-84(115)109(8)77-50-66(47-59)51-79(125-9)85(77)98)132-94(122)61(3)108(7)83(114)34-45-134-135-46-44-130-43-42-129-41-40-128-39-38-127-37-22-36-100-72(49-65-26-15-12-16-27-65)90(118)104-75-57-136-137-58-76(92(120)103-74(56-110)62(4)111)105-93(121)86(63(5)112)106-89(117)71(30-19-20-35-99)101-91(119)73(52-68-33-32-67-28-17-18-29-70(67)68)102-88(116)69(53-78(75)113)48-64-24-13-11-14-25-64/h11-18,21,23-29,31,33,50-51,60-63,69,71-76,80-82,86-87,100,110-112,124H,19-20,22,30,32,34-49,52-58,99H2,1-10H3,(H,101,119)(H,102,116)(H,103,120)(H,104,118)(H,105,121)(H,106,117)(H,107,123)/b31-21+,59-23+/t60-,61+,62-,63-,69-,71+,72-,73-,74-,75+,76+,80+,81-,82+,86+,87+,96+,97+/m1/s1. The largest absolute Gasteiger partial charge is 0.495 e. The van der Waals surface area contributed by atoms with Gasteiger partial charge in [-0.15, -0.1) is 0 Å². The number of Topliss-reactive ketones (excluding diaryl/α,β-unsaturated/α-hetero) is 1. The number of hydrogen-bond donors (Lipinski definition) is 13. The summed E-state index contributed by atoms with van der Waals surface area (Å²) in [7, 11) is 11.1. The number of rotatable bonds is 43. The summed E-state index contributed by atoms with van der Waals surface area (Å²) >= 11 is 6.87. The number of ether oxygens (including phenoxy) is 9. The van der Waals surface area contributed by atoms with Crippen LogP contribution in [0.25, 0.3) is 5.57 Å². The number of likely N-dealkylation sites (N-methyl/N-ethyl adjacent to an activating group) is 1. The lowest BCUT2D eigenvalue weighted by Crippen LogP contribution is -2.63. The van der Waals surface area contributed by atoms with Gasteiger partial charge in [0, 0.05) is 88.3 Å². The maximum Gasteiger partial charge on any atom is 0.409 e. The van der Waals surface area contributed by atoms with E-state index in [-0.39, 0.29) is 87.1 Å². The number of alkyl carbamates (subject to hydrolysis) is 1. The van der Waals surface area contributed by atoms with Gasteiger partial charge in [0.1, 0.15) is 64.9 Å². The Bertz CT molecular complexity index is 4740. The molecule has 9 rings (SSSR count). The first-order chi connectivity index (χ1) is 65.7. The normalized spacial score (nSPS) is 25.5. The Balaban J connectivity index is 0.734. The molecule has 3 fully saturated rings. The number of unbranched alkanes of at least 4 members (excludes halogenated alkanes) is 1. The Morgan fingerprint density at radius 3 is 2.09 bits per heavy atom. The van der Waals surface area contributed by atoms with Crippen molar-refractivity contribution < 1.29 is 116 Å². The van der Waals surface area contributed by atoms with E-state index in [1.165, 1.54) is 73.4 Å². The number of nitrogens with zero attached hydrogens (tertiary/aromatic N) is 2. The van der Waals surface area contributed by atoms with Gasteiger partial charge in [-0.25, -0.2) is 9.59 Å². The minimum atomic E-state index is -1.89. The van der Waals surface area contributed by atoms with E-state index < -0.39 is 180 Å². The minimum absolute atomic E-state index is 0.0231. The van der Waals surface area contributed by atoms with Crippen LogP contribution in [0.4, 0.5) is 10.5 Å². The highest BCUT2D eigenvalue weighted by molar-refractivity contribution is 8.77. The number of carbonyl (C=O) groups is 11. The molecule has 0 aromatic heterocycles. The van der Waals surface area contributed by atoms with Crippen molar-refractivity contribution in [2.45, 2.75) is 221 Å². The summed E-state index contributed by atoms with van der Waals surface area (Å²) < 4.78 is 52.9. The quantitative estimate of drug-likeness (QED) is 0.0105. The van der Waals surface area contributed by atoms with Gasteiger partial charge >= 0.3 is 12.1 Å². The van der Waals surface area contributed by atoms with Gasteiger partial charge < -0.3 is 116 Å². The maximum absolute atomic E-state index is 15.3. The molecule has 18 atom stereocenters. The number of aliphatic hydroxyl groups excluding tert-OH is 3. The van der Waals surface area contributed by atoms with Gasteiger partial charge in [-0.05, 0) is 145 Å². The molecule has 1 aliphatic carbocycles. The fourth-order valence-corrected chi connectivity index (χ4v) is 20.8. The number of anilines is 1. The number of aliphatic hydroxyl groups is 4. The van der Waals surface area contributed by atoms with E-state index in [9.17, 15) is 58.8 Å². The summed E-state index contributed by atoms with van der Waals surface area (Å²) in [6, 6.07) is 19.2. The van der Waals surface area contributed by atoms with Crippen LogP contribution in [0, 0.1) is 11.8 Å². The number of carbonyl (C=O) groups excluding carboxylic acids is 11. The van der Waals surface area contributed by atoms with Gasteiger partial charge in [0.25, 0.3) is 0 Å². The Labute approximate surface area is 822 Å². The van der Waals surface area contributed by atoms with Gasteiger partial charge in [0.2, 0.25) is 47.3 Å². The van der Waals surface area contributed by atoms with Crippen LogP contribution in [0.3, 0.4) is 0 Å². The van der Waals surface area contributed by atoms with E-state index in [1.807, 2.05) is 91.9 Å². The molecule has 4 aromatic carbocycles. The monoisotopic (exact) mass is 2000 g/mol. The van der Waals surface area contributed by atoms with E-state index in [0.29, 0.717) is 107 Å². The lowest BCUT2D eigenvalue weighted by molar-refractivity contribution is -0.162. The Morgan fingerprint density at radius 1 is 0.774 bits per heavy atom. The summed E-state index contributed by atoms with van der Waals surface area (Å²) in [5.74, 6) is -7.47. The molecule has 9 amide bonds. The fraction of sp³-hybridized carbons (Fsp3) is 0.577. The lowest BCUT2D eigenvalue weighted by Gasteiger charge is -2.42. The van der Waals surface area contributed by atoms with Crippen LogP contribution in [-0.2, 0) is 112 Å². The highest BCUT2D eigenvalue weighted by Crippen LogP contribution is 2.50. The molecule has 35 nitrogen and oxygen atoms in total. The second kappa shape index (κ2) is 56.7. The molecule has 4 aromatic rings. The van der Waals surface area contributed by atoms with Crippen molar-refractivity contribution in [3.63, 3.8) is 0 Å². The Morgan fingerprint density at radius 2 is 1.42 bits per heavy atom.